The highest BCUT2D eigenvalue weighted by molar-refractivity contribution is 7.18. The zero-order valence-electron chi connectivity index (χ0n) is 13.3. The van der Waals surface area contributed by atoms with Gasteiger partial charge in [-0.25, -0.2) is 4.98 Å². The average molecular weight is 356 g/mol. The van der Waals surface area contributed by atoms with Gasteiger partial charge < -0.3 is 9.73 Å². The van der Waals surface area contributed by atoms with Crippen molar-refractivity contribution in [1.82, 2.24) is 20.5 Å². The number of allylic oxidation sites excluding steroid dienone is 1. The highest BCUT2D eigenvalue weighted by Gasteiger charge is 2.28. The molecule has 3 aromatic heterocycles. The molecule has 0 saturated heterocycles. The predicted octanol–water partition coefficient (Wildman–Crippen LogP) is 3.84. The molecule has 4 heterocycles. The fourth-order valence-electron chi connectivity index (χ4n) is 3.29. The van der Waals surface area contributed by atoms with Crippen LogP contribution in [0.2, 0.25) is 0 Å². The quantitative estimate of drug-likeness (QED) is 0.756. The summed E-state index contributed by atoms with van der Waals surface area (Å²) in [4.78, 5) is 8.68. The molecule has 3 aromatic rings. The van der Waals surface area contributed by atoms with Crippen molar-refractivity contribution in [2.75, 3.05) is 6.54 Å². The van der Waals surface area contributed by atoms with Gasteiger partial charge in [0.05, 0.1) is 10.6 Å². The Labute approximate surface area is 147 Å². The molecule has 0 bridgehead atoms. The molecule has 0 spiro atoms. The van der Waals surface area contributed by atoms with Crippen LogP contribution < -0.4 is 5.32 Å². The van der Waals surface area contributed by atoms with E-state index in [0.717, 1.165) is 42.2 Å². The smallest absolute Gasteiger partial charge is 0.258 e. The van der Waals surface area contributed by atoms with Crippen LogP contribution in [0, 0.1) is 6.92 Å². The molecule has 0 radical (unpaired) electrons. The summed E-state index contributed by atoms with van der Waals surface area (Å²) in [6.45, 7) is 3.74. The number of aromatic nitrogens is 3. The number of thiazole rings is 1. The first kappa shape index (κ1) is 14.5. The number of hydrogen-bond acceptors (Lipinski definition) is 7. The Balaban J connectivity index is 1.72. The first-order valence-electron chi connectivity index (χ1n) is 8.12. The second-order valence-corrected chi connectivity index (χ2v) is 8.17. The van der Waals surface area contributed by atoms with Gasteiger partial charge in [-0.15, -0.1) is 32.9 Å². The van der Waals surface area contributed by atoms with Crippen molar-refractivity contribution >= 4 is 28.7 Å². The van der Waals surface area contributed by atoms with E-state index >= 15 is 0 Å². The lowest BCUT2D eigenvalue weighted by Gasteiger charge is -2.13. The molecule has 5 rings (SSSR count). The first-order chi connectivity index (χ1) is 11.8. The molecular weight excluding hydrogens is 340 g/mol. The molecule has 1 aliphatic carbocycles. The molecule has 122 valence electrons. The second-order valence-electron chi connectivity index (χ2n) is 6.03. The summed E-state index contributed by atoms with van der Waals surface area (Å²) in [5, 5.41) is 12.8. The van der Waals surface area contributed by atoms with Crippen molar-refractivity contribution in [2.45, 2.75) is 32.7 Å². The monoisotopic (exact) mass is 356 g/mol. The molecule has 1 aliphatic heterocycles. The lowest BCUT2D eigenvalue weighted by atomic mass is 10.0. The van der Waals surface area contributed by atoms with E-state index in [4.69, 9.17) is 9.40 Å². The number of aryl methyl sites for hydroxylation is 2. The number of nitrogens with zero attached hydrogens (tertiary/aromatic N) is 3. The van der Waals surface area contributed by atoms with Crippen molar-refractivity contribution in [3.05, 3.63) is 33.0 Å². The molecule has 24 heavy (non-hydrogen) atoms. The van der Waals surface area contributed by atoms with E-state index in [1.165, 1.54) is 26.6 Å². The van der Waals surface area contributed by atoms with Crippen LogP contribution in [0.3, 0.4) is 0 Å². The van der Waals surface area contributed by atoms with Crippen molar-refractivity contribution < 1.29 is 4.42 Å². The summed E-state index contributed by atoms with van der Waals surface area (Å²) >= 11 is 3.54. The Hall–Kier alpha value is -1.83. The molecule has 7 heteroatoms. The molecule has 0 amide bonds. The van der Waals surface area contributed by atoms with Gasteiger partial charge in [0.1, 0.15) is 9.88 Å². The predicted molar refractivity (Wildman–Crippen MR) is 96.2 cm³/mol. The Morgan fingerprint density at radius 1 is 1.21 bits per heavy atom. The number of fused-ring (bicyclic) bond motifs is 2. The fourth-order valence-corrected chi connectivity index (χ4v) is 5.72. The van der Waals surface area contributed by atoms with E-state index in [2.05, 4.69) is 27.7 Å². The molecule has 0 atom stereocenters. The lowest BCUT2D eigenvalue weighted by molar-refractivity contribution is 0.534. The largest absolute Gasteiger partial charge is 0.420 e. The van der Waals surface area contributed by atoms with Crippen LogP contribution in [0.1, 0.15) is 33.3 Å². The maximum atomic E-state index is 5.74. The maximum absolute atomic E-state index is 5.74. The minimum Gasteiger partial charge on any atom is -0.420 e. The Bertz CT molecular complexity index is 950. The second kappa shape index (κ2) is 5.61. The van der Waals surface area contributed by atoms with E-state index in [9.17, 15) is 0 Å². The topological polar surface area (TPSA) is 63.8 Å². The Morgan fingerprint density at radius 3 is 3.00 bits per heavy atom. The van der Waals surface area contributed by atoms with Crippen LogP contribution in [-0.4, -0.2) is 21.7 Å². The van der Waals surface area contributed by atoms with Crippen LogP contribution in [0.4, 0.5) is 0 Å². The van der Waals surface area contributed by atoms with Gasteiger partial charge in [-0.3, -0.25) is 0 Å². The van der Waals surface area contributed by atoms with Crippen LogP contribution in [0.25, 0.3) is 27.4 Å². The lowest BCUT2D eigenvalue weighted by Crippen LogP contribution is -2.22. The zero-order chi connectivity index (χ0) is 16.1. The number of nitrogens with one attached hydrogen (secondary N) is 1. The van der Waals surface area contributed by atoms with Crippen molar-refractivity contribution in [3.63, 3.8) is 0 Å². The van der Waals surface area contributed by atoms with E-state index in [0.29, 0.717) is 11.8 Å². The van der Waals surface area contributed by atoms with Crippen LogP contribution in [-0.2, 0) is 19.4 Å². The number of rotatable bonds is 2. The summed E-state index contributed by atoms with van der Waals surface area (Å²) in [6, 6.07) is 0. The van der Waals surface area contributed by atoms with E-state index in [-0.39, 0.29) is 0 Å². The molecule has 0 unspecified atom stereocenters. The van der Waals surface area contributed by atoms with Gasteiger partial charge in [0.25, 0.3) is 5.89 Å². The van der Waals surface area contributed by atoms with Crippen molar-refractivity contribution in [3.8, 4) is 21.3 Å². The van der Waals surface area contributed by atoms with Gasteiger partial charge >= 0.3 is 0 Å². The third-order valence-corrected chi connectivity index (χ3v) is 6.71. The average Bonchev–Trinajstić information content (AvgIpc) is 3.29. The summed E-state index contributed by atoms with van der Waals surface area (Å²) in [7, 11) is 0. The third-order valence-electron chi connectivity index (χ3n) is 4.41. The molecular formula is C17H16N4OS2. The van der Waals surface area contributed by atoms with Gasteiger partial charge in [-0.05, 0) is 37.4 Å². The standard InChI is InChI=1S/C17H16N4OS2/c1-9-20-21-16(22-9)15-14(10-6-7-18-8-13(10)23-15)17-19-11-4-2-3-5-12(11)24-17/h3,5,18H,2,4,6-8H2,1H3. The minimum atomic E-state index is 0.599. The van der Waals surface area contributed by atoms with Gasteiger partial charge in [-0.1, -0.05) is 6.08 Å². The van der Waals surface area contributed by atoms with Gasteiger partial charge in [0.2, 0.25) is 5.89 Å². The number of thiophene rings is 1. The summed E-state index contributed by atoms with van der Waals surface area (Å²) in [5.41, 5.74) is 3.84. The molecule has 0 fully saturated rings. The van der Waals surface area contributed by atoms with E-state index in [1.54, 1.807) is 22.7 Å². The normalized spacial score (nSPS) is 16.2. The van der Waals surface area contributed by atoms with Crippen molar-refractivity contribution in [2.24, 2.45) is 0 Å². The zero-order valence-corrected chi connectivity index (χ0v) is 14.9. The summed E-state index contributed by atoms with van der Waals surface area (Å²) in [6.07, 6.45) is 7.58. The maximum Gasteiger partial charge on any atom is 0.258 e. The van der Waals surface area contributed by atoms with E-state index in [1.807, 2.05) is 6.92 Å². The van der Waals surface area contributed by atoms with Crippen LogP contribution in [0.15, 0.2) is 10.5 Å². The highest BCUT2D eigenvalue weighted by atomic mass is 32.1. The summed E-state index contributed by atoms with van der Waals surface area (Å²) in [5.74, 6) is 1.22. The number of hydrogen-bond donors (Lipinski definition) is 1. The highest BCUT2D eigenvalue weighted by Crippen LogP contribution is 2.46. The molecule has 0 saturated carbocycles. The molecule has 1 N–H and O–H groups in total. The minimum absolute atomic E-state index is 0.599. The fraction of sp³-hybridized carbons (Fsp3) is 0.353. The van der Waals surface area contributed by atoms with Gasteiger partial charge in [0, 0.05) is 23.9 Å². The summed E-state index contributed by atoms with van der Waals surface area (Å²) < 4.78 is 5.74. The first-order valence-corrected chi connectivity index (χ1v) is 9.75. The van der Waals surface area contributed by atoms with Gasteiger partial charge in [0.15, 0.2) is 0 Å². The van der Waals surface area contributed by atoms with Crippen LogP contribution >= 0.6 is 22.7 Å². The third kappa shape index (κ3) is 2.27. The SMILES string of the molecule is Cc1nnc(-c2sc3c(c2-c2nc4c(s2)C=CCC4)CCNC3)o1. The molecule has 2 aliphatic rings. The Kier molecular flexibility index (Phi) is 3.39. The molecule has 0 aromatic carbocycles. The van der Waals surface area contributed by atoms with E-state index < -0.39 is 0 Å². The van der Waals surface area contributed by atoms with Crippen molar-refractivity contribution in [1.29, 1.82) is 0 Å². The Morgan fingerprint density at radius 2 is 2.17 bits per heavy atom. The van der Waals surface area contributed by atoms with Gasteiger partial charge in [-0.2, -0.15) is 0 Å². The molecule has 5 nitrogen and oxygen atoms in total. The van der Waals surface area contributed by atoms with Crippen LogP contribution in [0.5, 0.6) is 0 Å².